The van der Waals surface area contributed by atoms with E-state index < -0.39 is 0 Å². The maximum atomic E-state index is 11.8. The van der Waals surface area contributed by atoms with Crippen LogP contribution in [0.25, 0.3) is 11.4 Å². The van der Waals surface area contributed by atoms with Gasteiger partial charge < -0.3 is 15.2 Å². The summed E-state index contributed by atoms with van der Waals surface area (Å²) < 4.78 is 5.25. The number of aromatic nitrogens is 2. The summed E-state index contributed by atoms with van der Waals surface area (Å²) in [7, 11) is 0. The van der Waals surface area contributed by atoms with Gasteiger partial charge in [0.05, 0.1) is 0 Å². The van der Waals surface area contributed by atoms with Crippen LogP contribution in [0.2, 0.25) is 0 Å². The van der Waals surface area contributed by atoms with Gasteiger partial charge in [-0.1, -0.05) is 50.2 Å². The van der Waals surface area contributed by atoms with Gasteiger partial charge in [0.2, 0.25) is 17.6 Å². The maximum Gasteiger partial charge on any atom is 0.227 e. The molecular weight excluding hydrogens is 352 g/mol. The first kappa shape index (κ1) is 22.1. The lowest BCUT2D eigenvalue weighted by Gasteiger charge is -2.05. The van der Waals surface area contributed by atoms with Crippen LogP contribution in [0.4, 0.5) is 0 Å². The van der Waals surface area contributed by atoms with E-state index in [4.69, 9.17) is 4.52 Å². The van der Waals surface area contributed by atoms with E-state index in [2.05, 4.69) is 53.7 Å². The van der Waals surface area contributed by atoms with Gasteiger partial charge in [0, 0.05) is 31.5 Å². The molecule has 0 atom stereocenters. The van der Waals surface area contributed by atoms with Gasteiger partial charge in [0.25, 0.3) is 0 Å². The summed E-state index contributed by atoms with van der Waals surface area (Å²) in [4.78, 5) is 16.2. The minimum atomic E-state index is -0.000616. The largest absolute Gasteiger partial charge is 0.355 e. The van der Waals surface area contributed by atoms with Gasteiger partial charge in [0.15, 0.2) is 0 Å². The molecule has 0 aliphatic heterocycles. The van der Waals surface area contributed by atoms with Gasteiger partial charge in [-0.2, -0.15) is 4.98 Å². The summed E-state index contributed by atoms with van der Waals surface area (Å²) in [6.45, 7) is 8.83. The molecule has 0 fully saturated rings. The summed E-state index contributed by atoms with van der Waals surface area (Å²) >= 11 is 0. The number of halogens is 1. The quantitative estimate of drug-likeness (QED) is 0.618. The van der Waals surface area contributed by atoms with Gasteiger partial charge in [-0.15, -0.1) is 12.4 Å². The van der Waals surface area contributed by atoms with Gasteiger partial charge >= 0.3 is 0 Å². The van der Waals surface area contributed by atoms with E-state index in [-0.39, 0.29) is 18.3 Å². The molecule has 1 amide bonds. The fraction of sp³-hybridized carbons (Fsp3) is 0.526. The predicted molar refractivity (Wildman–Crippen MR) is 106 cm³/mol. The van der Waals surface area contributed by atoms with Crippen molar-refractivity contribution in [1.29, 1.82) is 0 Å². The topological polar surface area (TPSA) is 80.0 Å². The van der Waals surface area contributed by atoms with Crippen molar-refractivity contribution >= 4 is 18.3 Å². The van der Waals surface area contributed by atoms with Crippen LogP contribution < -0.4 is 10.6 Å². The highest BCUT2D eigenvalue weighted by molar-refractivity contribution is 5.85. The molecule has 0 spiro atoms. The molecule has 2 N–H and O–H groups in total. The molecule has 0 saturated heterocycles. The number of hydrogen-bond donors (Lipinski definition) is 2. The number of carbonyl (C=O) groups is 1. The molecule has 0 radical (unpaired) electrons. The monoisotopic (exact) mass is 380 g/mol. The average molecular weight is 381 g/mol. The van der Waals surface area contributed by atoms with Crippen molar-refractivity contribution in [2.75, 3.05) is 19.6 Å². The zero-order chi connectivity index (χ0) is 18.1. The molecular formula is C19H29ClN4O2. The molecule has 1 aromatic carbocycles. The van der Waals surface area contributed by atoms with Crippen LogP contribution in [0.5, 0.6) is 0 Å². The molecule has 1 aromatic heterocycles. The maximum absolute atomic E-state index is 11.8. The summed E-state index contributed by atoms with van der Waals surface area (Å²) in [6.07, 6.45) is 1.89. The number of hydrogen-bond acceptors (Lipinski definition) is 5. The zero-order valence-corrected chi connectivity index (χ0v) is 16.6. The minimum Gasteiger partial charge on any atom is -0.355 e. The Hall–Kier alpha value is -1.92. The first-order valence-electron chi connectivity index (χ1n) is 9.00. The Morgan fingerprint density at radius 3 is 2.54 bits per heavy atom. The Morgan fingerprint density at radius 1 is 1.15 bits per heavy atom. The molecule has 6 nitrogen and oxygen atoms in total. The summed E-state index contributed by atoms with van der Waals surface area (Å²) in [5.74, 6) is 1.54. The summed E-state index contributed by atoms with van der Waals surface area (Å²) in [5, 5.41) is 10.1. The Labute approximate surface area is 161 Å². The Bertz CT molecular complexity index is 656. The number of rotatable bonds is 10. The Kier molecular flexibility index (Phi) is 9.91. The number of benzene rings is 1. The van der Waals surface area contributed by atoms with E-state index in [9.17, 15) is 4.79 Å². The van der Waals surface area contributed by atoms with Crippen LogP contribution in [-0.4, -0.2) is 35.7 Å². The third kappa shape index (κ3) is 7.14. The number of amides is 1. The van der Waals surface area contributed by atoms with E-state index in [0.29, 0.717) is 37.0 Å². The third-order valence-corrected chi connectivity index (χ3v) is 3.92. The predicted octanol–water partition coefficient (Wildman–Crippen LogP) is 3.33. The van der Waals surface area contributed by atoms with Gasteiger partial charge in [-0.3, -0.25) is 4.79 Å². The smallest absolute Gasteiger partial charge is 0.227 e. The molecule has 1 heterocycles. The second kappa shape index (κ2) is 11.6. The van der Waals surface area contributed by atoms with Gasteiger partial charge in [0.1, 0.15) is 0 Å². The molecule has 2 aromatic rings. The highest BCUT2D eigenvalue weighted by Gasteiger charge is 2.11. The third-order valence-electron chi connectivity index (χ3n) is 3.92. The number of carbonyl (C=O) groups excluding carboxylic acids is 1. The first-order chi connectivity index (χ1) is 12.1. The molecule has 0 saturated carbocycles. The van der Waals surface area contributed by atoms with Crippen LogP contribution in [0.1, 0.15) is 51.0 Å². The van der Waals surface area contributed by atoms with Crippen molar-refractivity contribution in [1.82, 2.24) is 20.8 Å². The van der Waals surface area contributed by atoms with Crippen molar-refractivity contribution in [3.8, 4) is 11.4 Å². The van der Waals surface area contributed by atoms with Crippen LogP contribution in [0.15, 0.2) is 28.8 Å². The highest BCUT2D eigenvalue weighted by Crippen LogP contribution is 2.20. The van der Waals surface area contributed by atoms with E-state index >= 15 is 0 Å². The van der Waals surface area contributed by atoms with E-state index in [0.717, 1.165) is 25.1 Å². The van der Waals surface area contributed by atoms with Crippen molar-refractivity contribution < 1.29 is 9.32 Å². The molecule has 2 rings (SSSR count). The number of aryl methyl sites for hydroxylation is 1. The molecule has 0 unspecified atom stereocenters. The molecule has 26 heavy (non-hydrogen) atoms. The second-order valence-electron chi connectivity index (χ2n) is 6.39. The zero-order valence-electron chi connectivity index (χ0n) is 15.7. The van der Waals surface area contributed by atoms with E-state index in [1.54, 1.807) is 0 Å². The molecule has 0 bridgehead atoms. The van der Waals surface area contributed by atoms with E-state index in [1.807, 2.05) is 12.1 Å². The van der Waals surface area contributed by atoms with Crippen molar-refractivity contribution in [2.45, 2.75) is 46.0 Å². The standard InChI is InChI=1S/C19H28N4O2.ClH/c1-4-11-20-12-13-21-17(24)9-10-18-22-19(23-25-18)16-7-5-15(6-8-16)14(2)3;/h5-8,14,20H,4,9-13H2,1-3H3,(H,21,24);1H. The van der Waals surface area contributed by atoms with Crippen LogP contribution in [0.3, 0.4) is 0 Å². The van der Waals surface area contributed by atoms with Crippen molar-refractivity contribution in [3.05, 3.63) is 35.7 Å². The lowest BCUT2D eigenvalue weighted by Crippen LogP contribution is -2.32. The number of nitrogens with zero attached hydrogens (tertiary/aromatic N) is 2. The molecule has 144 valence electrons. The SMILES string of the molecule is CCCNCCNC(=O)CCc1nc(-c2ccc(C(C)C)cc2)no1.Cl. The highest BCUT2D eigenvalue weighted by atomic mass is 35.5. The van der Waals surface area contributed by atoms with Crippen LogP contribution >= 0.6 is 12.4 Å². The fourth-order valence-electron chi connectivity index (χ4n) is 2.39. The Morgan fingerprint density at radius 2 is 1.88 bits per heavy atom. The molecule has 0 aliphatic rings. The van der Waals surface area contributed by atoms with Crippen molar-refractivity contribution in [3.63, 3.8) is 0 Å². The van der Waals surface area contributed by atoms with Gasteiger partial charge in [-0.05, 0) is 24.4 Å². The Balaban J connectivity index is 0.00000338. The summed E-state index contributed by atoms with van der Waals surface area (Å²) in [6, 6.07) is 8.16. The number of nitrogens with one attached hydrogen (secondary N) is 2. The fourth-order valence-corrected chi connectivity index (χ4v) is 2.39. The minimum absolute atomic E-state index is 0. The first-order valence-corrected chi connectivity index (χ1v) is 9.00. The lowest BCUT2D eigenvalue weighted by molar-refractivity contribution is -0.121. The molecule has 0 aliphatic carbocycles. The lowest BCUT2D eigenvalue weighted by atomic mass is 10.0. The van der Waals surface area contributed by atoms with Crippen LogP contribution in [-0.2, 0) is 11.2 Å². The molecule has 7 heteroatoms. The second-order valence-corrected chi connectivity index (χ2v) is 6.39. The van der Waals surface area contributed by atoms with Gasteiger partial charge in [-0.25, -0.2) is 0 Å². The summed E-state index contributed by atoms with van der Waals surface area (Å²) in [5.41, 5.74) is 2.20. The average Bonchev–Trinajstić information content (AvgIpc) is 3.09. The van der Waals surface area contributed by atoms with Crippen LogP contribution in [0, 0.1) is 0 Å². The normalized spacial score (nSPS) is 10.6. The van der Waals surface area contributed by atoms with Crippen molar-refractivity contribution in [2.24, 2.45) is 0 Å². The van der Waals surface area contributed by atoms with E-state index in [1.165, 1.54) is 5.56 Å².